The second-order valence-electron chi connectivity index (χ2n) is 4.55. The fourth-order valence-corrected chi connectivity index (χ4v) is 2.13. The Bertz CT molecular complexity index is 523. The minimum Gasteiger partial charge on any atom is -0.384 e. The summed E-state index contributed by atoms with van der Waals surface area (Å²) in [5.41, 5.74) is 9.48. The van der Waals surface area contributed by atoms with E-state index in [9.17, 15) is 0 Å². The molecule has 0 aliphatic rings. The standard InChI is InChI=1S/C15H19N3/c1-11-4-3-5-13(8-11)14(17-2)9-12-6-7-18-15(16)10-12/h3-8,10,14,17H,9H2,1-2H3,(H2,16,18). The predicted octanol–water partition coefficient (Wildman–Crippen LogP) is 2.48. The van der Waals surface area contributed by atoms with Crippen LogP contribution < -0.4 is 11.1 Å². The van der Waals surface area contributed by atoms with Crippen molar-refractivity contribution in [2.24, 2.45) is 0 Å². The normalized spacial score (nSPS) is 12.3. The summed E-state index contributed by atoms with van der Waals surface area (Å²) in [7, 11) is 1.98. The molecule has 1 aromatic carbocycles. The van der Waals surface area contributed by atoms with Gasteiger partial charge in [-0.2, -0.15) is 0 Å². The first kappa shape index (κ1) is 12.6. The van der Waals surface area contributed by atoms with Crippen LogP contribution in [0.15, 0.2) is 42.6 Å². The molecule has 1 aromatic heterocycles. The van der Waals surface area contributed by atoms with Crippen molar-refractivity contribution in [3.63, 3.8) is 0 Å². The van der Waals surface area contributed by atoms with Gasteiger partial charge < -0.3 is 11.1 Å². The number of nitrogens with one attached hydrogen (secondary N) is 1. The van der Waals surface area contributed by atoms with Crippen LogP contribution in [0.25, 0.3) is 0 Å². The van der Waals surface area contributed by atoms with Gasteiger partial charge in [0.25, 0.3) is 0 Å². The van der Waals surface area contributed by atoms with Crippen LogP contribution in [0.2, 0.25) is 0 Å². The van der Waals surface area contributed by atoms with Crippen molar-refractivity contribution in [2.45, 2.75) is 19.4 Å². The summed E-state index contributed by atoms with van der Waals surface area (Å²) in [4.78, 5) is 4.02. The van der Waals surface area contributed by atoms with Gasteiger partial charge >= 0.3 is 0 Å². The van der Waals surface area contributed by atoms with E-state index in [-0.39, 0.29) is 0 Å². The zero-order chi connectivity index (χ0) is 13.0. The van der Waals surface area contributed by atoms with E-state index in [0.717, 1.165) is 6.42 Å². The molecule has 0 fully saturated rings. The summed E-state index contributed by atoms with van der Waals surface area (Å²) in [6.45, 7) is 2.11. The number of nitrogens with two attached hydrogens (primary N) is 1. The third-order valence-electron chi connectivity index (χ3n) is 3.08. The summed E-state index contributed by atoms with van der Waals surface area (Å²) in [5.74, 6) is 0.576. The van der Waals surface area contributed by atoms with Gasteiger partial charge in [0.05, 0.1) is 0 Å². The summed E-state index contributed by atoms with van der Waals surface area (Å²) in [6, 6.07) is 12.8. The second kappa shape index (κ2) is 5.65. The molecule has 0 aliphatic carbocycles. The Morgan fingerprint density at radius 3 is 2.78 bits per heavy atom. The van der Waals surface area contributed by atoms with Crippen LogP contribution in [-0.2, 0) is 6.42 Å². The van der Waals surface area contributed by atoms with Crippen LogP contribution >= 0.6 is 0 Å². The maximum absolute atomic E-state index is 5.71. The van der Waals surface area contributed by atoms with Gasteiger partial charge in [-0.3, -0.25) is 0 Å². The molecule has 1 heterocycles. The lowest BCUT2D eigenvalue weighted by molar-refractivity contribution is 0.591. The highest BCUT2D eigenvalue weighted by Gasteiger charge is 2.10. The Morgan fingerprint density at radius 2 is 2.11 bits per heavy atom. The third-order valence-corrected chi connectivity index (χ3v) is 3.08. The molecule has 18 heavy (non-hydrogen) atoms. The van der Waals surface area contributed by atoms with Gasteiger partial charge in [-0.15, -0.1) is 0 Å². The highest BCUT2D eigenvalue weighted by molar-refractivity contribution is 5.33. The highest BCUT2D eigenvalue weighted by atomic mass is 14.9. The number of anilines is 1. The number of pyridine rings is 1. The van der Waals surface area contributed by atoms with Gasteiger partial charge in [-0.1, -0.05) is 29.8 Å². The molecule has 0 amide bonds. The Balaban J connectivity index is 2.19. The first-order valence-corrected chi connectivity index (χ1v) is 6.13. The third kappa shape index (κ3) is 3.08. The monoisotopic (exact) mass is 241 g/mol. The van der Waals surface area contributed by atoms with Crippen LogP contribution in [0.5, 0.6) is 0 Å². The average Bonchev–Trinajstić information content (AvgIpc) is 2.36. The summed E-state index contributed by atoms with van der Waals surface area (Å²) < 4.78 is 0. The zero-order valence-electron chi connectivity index (χ0n) is 10.9. The van der Waals surface area contributed by atoms with E-state index in [2.05, 4.69) is 41.5 Å². The molecule has 0 saturated carbocycles. The molecular weight excluding hydrogens is 222 g/mol. The molecule has 3 N–H and O–H groups in total. The van der Waals surface area contributed by atoms with Gasteiger partial charge in [0, 0.05) is 12.2 Å². The summed E-state index contributed by atoms with van der Waals surface area (Å²) >= 11 is 0. The number of aryl methyl sites for hydroxylation is 1. The molecule has 2 rings (SSSR count). The molecule has 3 heteroatoms. The average molecular weight is 241 g/mol. The van der Waals surface area contributed by atoms with Crippen molar-refractivity contribution < 1.29 is 0 Å². The summed E-state index contributed by atoms with van der Waals surface area (Å²) in [5, 5.41) is 3.35. The van der Waals surface area contributed by atoms with Gasteiger partial charge in [-0.25, -0.2) is 4.98 Å². The van der Waals surface area contributed by atoms with E-state index in [1.54, 1.807) is 6.20 Å². The van der Waals surface area contributed by atoms with E-state index in [1.807, 2.05) is 19.2 Å². The Hall–Kier alpha value is -1.87. The first-order chi connectivity index (χ1) is 8.69. The van der Waals surface area contributed by atoms with Crippen LogP contribution in [0, 0.1) is 6.92 Å². The quantitative estimate of drug-likeness (QED) is 0.864. The van der Waals surface area contributed by atoms with Crippen molar-refractivity contribution in [1.29, 1.82) is 0 Å². The van der Waals surface area contributed by atoms with E-state index in [4.69, 9.17) is 5.73 Å². The van der Waals surface area contributed by atoms with Crippen molar-refractivity contribution in [3.8, 4) is 0 Å². The lowest BCUT2D eigenvalue weighted by Crippen LogP contribution is -2.19. The van der Waals surface area contributed by atoms with E-state index in [0.29, 0.717) is 11.9 Å². The number of nitrogen functional groups attached to an aromatic ring is 1. The van der Waals surface area contributed by atoms with Crippen LogP contribution in [-0.4, -0.2) is 12.0 Å². The fraction of sp³-hybridized carbons (Fsp3) is 0.267. The lowest BCUT2D eigenvalue weighted by atomic mass is 9.98. The number of nitrogens with zero attached hydrogens (tertiary/aromatic N) is 1. The highest BCUT2D eigenvalue weighted by Crippen LogP contribution is 2.19. The van der Waals surface area contributed by atoms with Crippen LogP contribution in [0.4, 0.5) is 5.82 Å². The first-order valence-electron chi connectivity index (χ1n) is 6.13. The SMILES string of the molecule is CNC(Cc1ccnc(N)c1)c1cccc(C)c1. The summed E-state index contributed by atoms with van der Waals surface area (Å²) in [6.07, 6.45) is 2.67. The molecule has 3 nitrogen and oxygen atoms in total. The van der Waals surface area contributed by atoms with Gasteiger partial charge in [0.2, 0.25) is 0 Å². The van der Waals surface area contributed by atoms with Crippen molar-refractivity contribution in [3.05, 3.63) is 59.3 Å². The smallest absolute Gasteiger partial charge is 0.123 e. The molecule has 94 valence electrons. The maximum atomic E-state index is 5.71. The fourth-order valence-electron chi connectivity index (χ4n) is 2.13. The number of hydrogen-bond donors (Lipinski definition) is 2. The maximum Gasteiger partial charge on any atom is 0.123 e. The minimum atomic E-state index is 0.298. The number of aromatic nitrogens is 1. The van der Waals surface area contributed by atoms with Crippen LogP contribution in [0.1, 0.15) is 22.7 Å². The largest absolute Gasteiger partial charge is 0.384 e. The molecule has 0 bridgehead atoms. The molecule has 0 saturated heterocycles. The molecule has 0 radical (unpaired) electrons. The molecule has 0 spiro atoms. The molecule has 1 atom stereocenters. The Labute approximate surface area is 108 Å². The Kier molecular flexibility index (Phi) is 3.95. The zero-order valence-corrected chi connectivity index (χ0v) is 10.9. The van der Waals surface area contributed by atoms with Gasteiger partial charge in [0.1, 0.15) is 5.82 Å². The molecule has 1 unspecified atom stereocenters. The lowest BCUT2D eigenvalue weighted by Gasteiger charge is -2.17. The van der Waals surface area contributed by atoms with Gasteiger partial charge in [-0.05, 0) is 43.7 Å². The number of likely N-dealkylation sites (N-methyl/N-ethyl adjacent to an activating group) is 1. The van der Waals surface area contributed by atoms with Crippen LogP contribution in [0.3, 0.4) is 0 Å². The topological polar surface area (TPSA) is 50.9 Å². The van der Waals surface area contributed by atoms with E-state index < -0.39 is 0 Å². The van der Waals surface area contributed by atoms with Crippen molar-refractivity contribution >= 4 is 5.82 Å². The second-order valence-corrected chi connectivity index (χ2v) is 4.55. The molecule has 0 aliphatic heterocycles. The Morgan fingerprint density at radius 1 is 1.28 bits per heavy atom. The molecule has 2 aromatic rings. The van der Waals surface area contributed by atoms with Crippen molar-refractivity contribution in [1.82, 2.24) is 10.3 Å². The number of benzene rings is 1. The minimum absolute atomic E-state index is 0.298. The predicted molar refractivity (Wildman–Crippen MR) is 75.3 cm³/mol. The number of rotatable bonds is 4. The number of hydrogen-bond acceptors (Lipinski definition) is 3. The van der Waals surface area contributed by atoms with E-state index >= 15 is 0 Å². The van der Waals surface area contributed by atoms with Crippen molar-refractivity contribution in [2.75, 3.05) is 12.8 Å². The molecular formula is C15H19N3. The van der Waals surface area contributed by atoms with Gasteiger partial charge in [0.15, 0.2) is 0 Å². The van der Waals surface area contributed by atoms with E-state index in [1.165, 1.54) is 16.7 Å².